The van der Waals surface area contributed by atoms with Gasteiger partial charge < -0.3 is 86.5 Å². The Balaban J connectivity index is -0.000000108. The van der Waals surface area contributed by atoms with Crippen LogP contribution in [0.5, 0.6) is 0 Å². The SMILES string of the molecule is CCCCN(CCCC)C(=S)[S-].CCCCN(CCCC)C(=S)[S-].[Mo+6].[S-2].[S-2]. The topological polar surface area (TPSA) is 6.48 Å². The van der Waals surface area contributed by atoms with Crippen LogP contribution in [0.3, 0.4) is 0 Å². The average molecular weight is 569 g/mol. The van der Waals surface area contributed by atoms with Gasteiger partial charge in [-0.2, -0.15) is 0 Å². The van der Waals surface area contributed by atoms with Gasteiger partial charge >= 0.3 is 21.1 Å². The van der Waals surface area contributed by atoms with E-state index in [0.29, 0.717) is 8.64 Å². The van der Waals surface area contributed by atoms with Crippen LogP contribution in [0.2, 0.25) is 0 Å². The van der Waals surface area contributed by atoms with E-state index in [2.05, 4.69) is 37.5 Å². The van der Waals surface area contributed by atoms with Gasteiger partial charge in [-0.1, -0.05) is 62.0 Å². The minimum atomic E-state index is 0. The Hall–Kier alpha value is 1.61. The molecule has 2 nitrogen and oxygen atoms in total. The molecule has 0 unspecified atom stereocenters. The molecule has 0 radical (unpaired) electrons. The molecule has 0 aromatic rings. The van der Waals surface area contributed by atoms with E-state index in [-0.39, 0.29) is 48.1 Å². The summed E-state index contributed by atoms with van der Waals surface area (Å²) in [4.78, 5) is 4.27. The molecule has 27 heavy (non-hydrogen) atoms. The monoisotopic (exact) mass is 570 g/mol. The smallest absolute Gasteiger partial charge is 2.00 e. The maximum absolute atomic E-state index is 4.98. The number of thiocarbonyl (C=S) groups is 2. The zero-order chi connectivity index (χ0) is 18.8. The molecule has 0 spiro atoms. The molecule has 0 atom stereocenters. The van der Waals surface area contributed by atoms with E-state index in [1.807, 2.05) is 0 Å². The van der Waals surface area contributed by atoms with Crippen molar-refractivity contribution in [2.45, 2.75) is 79.1 Å². The Morgan fingerprint density at radius 1 is 0.593 bits per heavy atom. The zero-order valence-electron chi connectivity index (χ0n) is 17.2. The molecule has 0 saturated carbocycles. The normalized spacial score (nSPS) is 8.74. The third-order valence-electron chi connectivity index (χ3n) is 3.64. The summed E-state index contributed by atoms with van der Waals surface area (Å²) in [6.45, 7) is 12.9. The van der Waals surface area contributed by atoms with Crippen molar-refractivity contribution in [1.29, 1.82) is 0 Å². The average Bonchev–Trinajstić information content (AvgIpc) is 2.55. The fourth-order valence-corrected chi connectivity index (χ4v) is 2.71. The van der Waals surface area contributed by atoms with Crippen LogP contribution in [0.15, 0.2) is 0 Å². The summed E-state index contributed by atoms with van der Waals surface area (Å²) >= 11 is 19.9. The maximum atomic E-state index is 4.98. The van der Waals surface area contributed by atoms with Gasteiger partial charge in [0.25, 0.3) is 0 Å². The Kier molecular flexibility index (Phi) is 43.2. The molecule has 0 aromatic heterocycles. The molecule has 0 aliphatic carbocycles. The van der Waals surface area contributed by atoms with Crippen molar-refractivity contribution < 1.29 is 21.1 Å². The van der Waals surface area contributed by atoms with Crippen molar-refractivity contribution >= 4 is 85.3 Å². The first-order chi connectivity index (χ1) is 11.4. The molecular weight excluding hydrogens is 533 g/mol. The predicted molar refractivity (Wildman–Crippen MR) is 137 cm³/mol. The van der Waals surface area contributed by atoms with Crippen LogP contribution in [0, 0.1) is 0 Å². The summed E-state index contributed by atoms with van der Waals surface area (Å²) in [5, 5.41) is 0. The largest absolute Gasteiger partial charge is 6.00 e. The van der Waals surface area contributed by atoms with E-state index in [0.717, 1.165) is 26.2 Å². The van der Waals surface area contributed by atoms with Gasteiger partial charge in [-0.15, -0.1) is 0 Å². The molecule has 0 heterocycles. The molecule has 0 aromatic carbocycles. The first-order valence-corrected chi connectivity index (χ1v) is 11.0. The predicted octanol–water partition coefficient (Wildman–Crippen LogP) is 5.43. The van der Waals surface area contributed by atoms with Gasteiger partial charge in [0.2, 0.25) is 0 Å². The summed E-state index contributed by atoms with van der Waals surface area (Å²) in [6, 6.07) is 0. The second-order valence-electron chi connectivity index (χ2n) is 5.92. The van der Waals surface area contributed by atoms with Crippen LogP contribution in [-0.4, -0.2) is 44.6 Å². The van der Waals surface area contributed by atoms with Gasteiger partial charge in [0.15, 0.2) is 0 Å². The summed E-state index contributed by atoms with van der Waals surface area (Å²) in [5.74, 6) is 0. The number of unbranched alkanes of at least 4 members (excludes halogenated alkanes) is 4. The van der Waals surface area contributed by atoms with Gasteiger partial charge in [0, 0.05) is 26.2 Å². The Morgan fingerprint density at radius 3 is 0.889 bits per heavy atom. The van der Waals surface area contributed by atoms with E-state index >= 15 is 0 Å². The number of hydrogen-bond acceptors (Lipinski definition) is 4. The van der Waals surface area contributed by atoms with Crippen molar-refractivity contribution in [1.82, 2.24) is 9.80 Å². The zero-order valence-corrected chi connectivity index (χ0v) is 24.1. The molecule has 0 fully saturated rings. The van der Waals surface area contributed by atoms with Crippen molar-refractivity contribution in [2.75, 3.05) is 26.2 Å². The molecular formula is C18H36MoN2S6. The van der Waals surface area contributed by atoms with Crippen molar-refractivity contribution in [3.63, 3.8) is 0 Å². The van der Waals surface area contributed by atoms with Crippen LogP contribution in [0.4, 0.5) is 0 Å². The Bertz CT molecular complexity index is 276. The Labute approximate surface area is 219 Å². The maximum Gasteiger partial charge on any atom is 6.00 e. The number of rotatable bonds is 12. The summed E-state index contributed by atoms with van der Waals surface area (Å²) in [7, 11) is 0. The molecule has 0 aliphatic heterocycles. The van der Waals surface area contributed by atoms with Gasteiger partial charge in [-0.3, -0.25) is 0 Å². The molecule has 0 aliphatic rings. The molecule has 9 heteroatoms. The van der Waals surface area contributed by atoms with E-state index in [9.17, 15) is 0 Å². The minimum Gasteiger partial charge on any atom is -2.00 e. The molecule has 0 N–H and O–H groups in total. The van der Waals surface area contributed by atoms with Crippen molar-refractivity contribution in [3.8, 4) is 0 Å². The molecule has 0 amide bonds. The quantitative estimate of drug-likeness (QED) is 0.175. The fraction of sp³-hybridized carbons (Fsp3) is 0.889. The molecule has 0 rings (SSSR count). The Morgan fingerprint density at radius 2 is 0.778 bits per heavy atom. The van der Waals surface area contributed by atoms with Crippen molar-refractivity contribution in [3.05, 3.63) is 0 Å². The second kappa shape index (κ2) is 29.8. The summed E-state index contributed by atoms with van der Waals surface area (Å²) < 4.78 is 1.27. The van der Waals surface area contributed by atoms with E-state index in [1.54, 1.807) is 0 Å². The first kappa shape index (κ1) is 39.1. The minimum absolute atomic E-state index is 0. The van der Waals surface area contributed by atoms with Crippen LogP contribution in [0.25, 0.3) is 0 Å². The molecule has 160 valence electrons. The molecule has 0 bridgehead atoms. The third-order valence-corrected chi connectivity index (χ3v) is 4.68. The van der Waals surface area contributed by atoms with Gasteiger partial charge in [-0.25, -0.2) is 0 Å². The number of hydrogen-bond donors (Lipinski definition) is 0. The fourth-order valence-electron chi connectivity index (χ4n) is 1.98. The van der Waals surface area contributed by atoms with Crippen LogP contribution in [0.1, 0.15) is 79.1 Å². The van der Waals surface area contributed by atoms with E-state index < -0.39 is 0 Å². The van der Waals surface area contributed by atoms with E-state index in [4.69, 9.17) is 49.7 Å². The summed E-state index contributed by atoms with van der Waals surface area (Å²) in [6.07, 6.45) is 9.62. The number of nitrogens with zero attached hydrogens (tertiary/aromatic N) is 2. The van der Waals surface area contributed by atoms with Gasteiger partial charge in [-0.05, 0) is 25.7 Å². The van der Waals surface area contributed by atoms with Crippen LogP contribution < -0.4 is 0 Å². The standard InChI is InChI=1S/2C9H19NS2.Mo.2S/c2*1-3-5-7-10(9(11)12)8-6-4-2;;;/h2*3-8H2,1-2H3,(H,11,12);;;/q;;+6;2*-2/p-2. The van der Waals surface area contributed by atoms with Crippen molar-refractivity contribution in [2.24, 2.45) is 0 Å². The summed E-state index contributed by atoms with van der Waals surface area (Å²) in [5.41, 5.74) is 0. The first-order valence-electron chi connectivity index (χ1n) is 9.36. The van der Waals surface area contributed by atoms with Crippen LogP contribution in [-0.2, 0) is 73.3 Å². The molecule has 0 saturated heterocycles. The van der Waals surface area contributed by atoms with Crippen LogP contribution >= 0.6 is 24.4 Å². The second-order valence-corrected chi connectivity index (χ2v) is 7.98. The van der Waals surface area contributed by atoms with E-state index in [1.165, 1.54) is 51.4 Å². The van der Waals surface area contributed by atoms with Gasteiger partial charge in [0.05, 0.1) is 0 Å². The third kappa shape index (κ3) is 27.6. The van der Waals surface area contributed by atoms with Gasteiger partial charge in [0.1, 0.15) is 0 Å².